The number of methoxy groups -OCH3 is 3. The van der Waals surface area contributed by atoms with Crippen molar-refractivity contribution in [2.45, 2.75) is 24.3 Å². The number of benzene rings is 1. The fourth-order valence-electron chi connectivity index (χ4n) is 2.31. The molecule has 4 nitrogen and oxygen atoms in total. The second kappa shape index (κ2) is 6.35. The van der Waals surface area contributed by atoms with Crippen molar-refractivity contribution in [3.8, 4) is 17.2 Å². The Balaban J connectivity index is 2.41. The van der Waals surface area contributed by atoms with E-state index in [-0.39, 0.29) is 11.5 Å². The number of rotatable bonds is 4. The Kier molecular flexibility index (Phi) is 4.77. The fourth-order valence-corrected chi connectivity index (χ4v) is 2.56. The first-order valence-electron chi connectivity index (χ1n) is 6.25. The number of ether oxygens (including phenoxy) is 4. The molecule has 19 heavy (non-hydrogen) atoms. The van der Waals surface area contributed by atoms with Crippen LogP contribution < -0.4 is 14.2 Å². The predicted octanol–water partition coefficient (Wildman–Crippen LogP) is 3.17. The predicted molar refractivity (Wildman–Crippen MR) is 73.7 cm³/mol. The highest BCUT2D eigenvalue weighted by Crippen LogP contribution is 2.43. The molecule has 1 heterocycles. The third-order valence-electron chi connectivity index (χ3n) is 3.30. The van der Waals surface area contributed by atoms with Crippen molar-refractivity contribution in [1.29, 1.82) is 0 Å². The lowest BCUT2D eigenvalue weighted by atomic mass is 9.99. The van der Waals surface area contributed by atoms with Gasteiger partial charge in [0.2, 0.25) is 0 Å². The van der Waals surface area contributed by atoms with Gasteiger partial charge < -0.3 is 18.9 Å². The Morgan fingerprint density at radius 3 is 2.21 bits per heavy atom. The first kappa shape index (κ1) is 14.3. The molecule has 2 rings (SSSR count). The van der Waals surface area contributed by atoms with Crippen LogP contribution in [0.15, 0.2) is 12.1 Å². The van der Waals surface area contributed by atoms with Crippen molar-refractivity contribution in [2.75, 3.05) is 27.9 Å². The summed E-state index contributed by atoms with van der Waals surface area (Å²) in [5.41, 5.74) is 0.899. The zero-order valence-corrected chi connectivity index (χ0v) is 12.2. The molecule has 0 bridgehead atoms. The average molecular weight is 287 g/mol. The van der Waals surface area contributed by atoms with E-state index in [1.807, 2.05) is 12.1 Å². The smallest absolute Gasteiger partial charge is 0.132 e. The van der Waals surface area contributed by atoms with Crippen LogP contribution in [0.3, 0.4) is 0 Å². The van der Waals surface area contributed by atoms with Gasteiger partial charge in [-0.15, -0.1) is 11.6 Å². The summed E-state index contributed by atoms with van der Waals surface area (Å²) >= 11 is 6.22. The van der Waals surface area contributed by atoms with Gasteiger partial charge in [0.25, 0.3) is 0 Å². The standard InChI is InChI=1S/C14H19ClO4/c1-16-10-7-11(17-2)14(12(8-10)18-3)13-6-9(15)4-5-19-13/h7-9,13H,4-6H2,1-3H3. The summed E-state index contributed by atoms with van der Waals surface area (Å²) in [6.07, 6.45) is 1.52. The topological polar surface area (TPSA) is 36.9 Å². The molecule has 1 saturated heterocycles. The van der Waals surface area contributed by atoms with Crippen molar-refractivity contribution in [3.05, 3.63) is 17.7 Å². The monoisotopic (exact) mass is 286 g/mol. The molecule has 1 fully saturated rings. The summed E-state index contributed by atoms with van der Waals surface area (Å²) in [6, 6.07) is 3.66. The van der Waals surface area contributed by atoms with Crippen LogP contribution >= 0.6 is 11.6 Å². The molecule has 5 heteroatoms. The molecule has 2 atom stereocenters. The highest BCUT2D eigenvalue weighted by Gasteiger charge is 2.28. The van der Waals surface area contributed by atoms with Crippen molar-refractivity contribution in [2.24, 2.45) is 0 Å². The third-order valence-corrected chi connectivity index (χ3v) is 3.69. The fraction of sp³-hybridized carbons (Fsp3) is 0.571. The van der Waals surface area contributed by atoms with Crippen molar-refractivity contribution >= 4 is 11.6 Å². The van der Waals surface area contributed by atoms with Gasteiger partial charge in [-0.2, -0.15) is 0 Å². The lowest BCUT2D eigenvalue weighted by molar-refractivity contribution is 0.0140. The molecule has 1 aromatic carbocycles. The molecule has 0 amide bonds. The number of hydrogen-bond acceptors (Lipinski definition) is 4. The average Bonchev–Trinajstić information content (AvgIpc) is 2.45. The summed E-state index contributed by atoms with van der Waals surface area (Å²) < 4.78 is 21.9. The maximum absolute atomic E-state index is 6.22. The highest BCUT2D eigenvalue weighted by molar-refractivity contribution is 6.20. The lowest BCUT2D eigenvalue weighted by Crippen LogP contribution is -2.21. The largest absolute Gasteiger partial charge is 0.496 e. The lowest BCUT2D eigenvalue weighted by Gasteiger charge is -2.28. The van der Waals surface area contributed by atoms with Crippen LogP contribution in [0.2, 0.25) is 0 Å². The van der Waals surface area contributed by atoms with E-state index in [9.17, 15) is 0 Å². The SMILES string of the molecule is COc1cc(OC)c(C2CC(Cl)CCO2)c(OC)c1. The van der Waals surface area contributed by atoms with E-state index in [0.717, 1.165) is 18.4 Å². The number of alkyl halides is 1. The van der Waals surface area contributed by atoms with Crippen LogP contribution in [-0.4, -0.2) is 33.3 Å². The quantitative estimate of drug-likeness (QED) is 0.797. The normalized spacial score (nSPS) is 22.9. The van der Waals surface area contributed by atoms with Crippen molar-refractivity contribution in [3.63, 3.8) is 0 Å². The summed E-state index contributed by atoms with van der Waals surface area (Å²) in [6.45, 7) is 0.650. The molecule has 1 aromatic rings. The molecule has 0 aliphatic carbocycles. The highest BCUT2D eigenvalue weighted by atomic mass is 35.5. The van der Waals surface area contributed by atoms with Crippen LogP contribution in [0.25, 0.3) is 0 Å². The van der Waals surface area contributed by atoms with E-state index in [1.54, 1.807) is 21.3 Å². The molecular formula is C14H19ClO4. The Morgan fingerprint density at radius 2 is 1.74 bits per heavy atom. The molecule has 1 aliphatic rings. The molecule has 1 aliphatic heterocycles. The summed E-state index contributed by atoms with van der Waals surface area (Å²) in [4.78, 5) is 0. The molecule has 0 radical (unpaired) electrons. The molecule has 0 saturated carbocycles. The minimum absolute atomic E-state index is 0.105. The van der Waals surface area contributed by atoms with Crippen LogP contribution in [0.4, 0.5) is 0 Å². The van der Waals surface area contributed by atoms with E-state index < -0.39 is 0 Å². The van der Waals surface area contributed by atoms with E-state index in [4.69, 9.17) is 30.5 Å². The van der Waals surface area contributed by atoms with Gasteiger partial charge in [-0.1, -0.05) is 0 Å². The van der Waals surface area contributed by atoms with Crippen molar-refractivity contribution in [1.82, 2.24) is 0 Å². The van der Waals surface area contributed by atoms with Crippen LogP contribution in [0.5, 0.6) is 17.2 Å². The molecule has 0 N–H and O–H groups in total. The molecule has 106 valence electrons. The summed E-state index contributed by atoms with van der Waals surface area (Å²) in [7, 11) is 4.86. The first-order chi connectivity index (χ1) is 9.19. The van der Waals surface area contributed by atoms with Gasteiger partial charge in [0.1, 0.15) is 17.2 Å². The Morgan fingerprint density at radius 1 is 1.11 bits per heavy atom. The van der Waals surface area contributed by atoms with Gasteiger partial charge in [-0.25, -0.2) is 0 Å². The zero-order chi connectivity index (χ0) is 13.8. The summed E-state index contributed by atoms with van der Waals surface area (Å²) in [5, 5.41) is 0.121. The van der Waals surface area contributed by atoms with E-state index >= 15 is 0 Å². The van der Waals surface area contributed by atoms with Crippen molar-refractivity contribution < 1.29 is 18.9 Å². The summed E-state index contributed by atoms with van der Waals surface area (Å²) in [5.74, 6) is 2.09. The Bertz CT molecular complexity index is 410. The molecule has 0 aromatic heterocycles. The first-order valence-corrected chi connectivity index (χ1v) is 6.68. The van der Waals surface area contributed by atoms with Crippen LogP contribution in [0.1, 0.15) is 24.5 Å². The maximum atomic E-state index is 6.22. The van der Waals surface area contributed by atoms with Gasteiger partial charge >= 0.3 is 0 Å². The van der Waals surface area contributed by atoms with E-state index in [0.29, 0.717) is 23.9 Å². The zero-order valence-electron chi connectivity index (χ0n) is 11.4. The van der Waals surface area contributed by atoms with Gasteiger partial charge in [0.15, 0.2) is 0 Å². The maximum Gasteiger partial charge on any atom is 0.132 e. The van der Waals surface area contributed by atoms with Gasteiger partial charge in [0.05, 0.1) is 33.0 Å². The van der Waals surface area contributed by atoms with E-state index in [1.165, 1.54) is 0 Å². The van der Waals surface area contributed by atoms with E-state index in [2.05, 4.69) is 0 Å². The Labute approximate surface area is 118 Å². The van der Waals surface area contributed by atoms with Gasteiger partial charge in [0, 0.05) is 24.1 Å². The number of halogens is 1. The molecule has 0 spiro atoms. The third kappa shape index (κ3) is 3.07. The minimum Gasteiger partial charge on any atom is -0.496 e. The minimum atomic E-state index is -0.105. The van der Waals surface area contributed by atoms with Crippen LogP contribution in [0, 0.1) is 0 Å². The molecule has 2 unspecified atom stereocenters. The second-order valence-electron chi connectivity index (χ2n) is 4.43. The van der Waals surface area contributed by atoms with Crippen LogP contribution in [-0.2, 0) is 4.74 Å². The Hall–Kier alpha value is -1.13. The van der Waals surface area contributed by atoms with Gasteiger partial charge in [-0.3, -0.25) is 0 Å². The molecular weight excluding hydrogens is 268 g/mol. The second-order valence-corrected chi connectivity index (χ2v) is 5.04. The number of hydrogen-bond donors (Lipinski definition) is 0. The van der Waals surface area contributed by atoms with Gasteiger partial charge in [-0.05, 0) is 12.8 Å².